The number of halogens is 4. The Morgan fingerprint density at radius 2 is 1.60 bits per heavy atom. The zero-order valence-corrected chi connectivity index (χ0v) is 22.3. The second-order valence-corrected chi connectivity index (χ2v) is 10.8. The molecule has 0 aromatic heterocycles. The van der Waals surface area contributed by atoms with Gasteiger partial charge in [0.25, 0.3) is 0 Å². The van der Waals surface area contributed by atoms with Gasteiger partial charge in [0.05, 0.1) is 7.11 Å². The molecule has 1 saturated heterocycles. The van der Waals surface area contributed by atoms with Gasteiger partial charge in [0, 0.05) is 58.4 Å². The van der Waals surface area contributed by atoms with Gasteiger partial charge in [-0.2, -0.15) is 11.8 Å². The van der Waals surface area contributed by atoms with Crippen LogP contribution in [0.5, 0.6) is 17.2 Å². The maximum Gasteiger partial charge on any atom is 0.573 e. The average Bonchev–Trinajstić information content (AvgIpc) is 2.96. The van der Waals surface area contributed by atoms with E-state index in [1.165, 1.54) is 43.5 Å². The van der Waals surface area contributed by atoms with E-state index in [0.29, 0.717) is 16.9 Å². The molecule has 0 radical (unpaired) electrons. The van der Waals surface area contributed by atoms with Crippen molar-refractivity contribution in [1.29, 1.82) is 0 Å². The molecule has 1 atom stereocenters. The molecule has 0 bridgehead atoms. The Morgan fingerprint density at radius 1 is 0.900 bits per heavy atom. The summed E-state index contributed by atoms with van der Waals surface area (Å²) in [6, 6.07) is 20.2. The number of fused-ring (bicyclic) bond motifs is 3. The van der Waals surface area contributed by atoms with Gasteiger partial charge in [-0.1, -0.05) is 42.5 Å². The third-order valence-electron chi connectivity index (χ3n) is 7.23. The second kappa shape index (κ2) is 10.3. The third-order valence-corrected chi connectivity index (χ3v) is 8.17. The standard InChI is InChI=1S/C31H25F4NO3S/c1-37-28-11-8-21(18-26(28)32)30(20-6-9-22(10-7-20)38-31(33,34)35)13-12-25-23-4-2-3-5-24(23)27(19-29(25)39-30)36-14-16-40-17-15-36/h2-13,18-19H,14-17H2,1H3. The number of thioether (sulfide) groups is 1. The SMILES string of the molecule is COc1ccc(C2(c3ccc(OC(F)(F)F)cc3)C=Cc3c(cc(N4CCSCC4)c4ccccc34)O2)cc1F. The van der Waals surface area contributed by atoms with Crippen molar-refractivity contribution in [2.45, 2.75) is 12.0 Å². The first-order valence-electron chi connectivity index (χ1n) is 12.7. The maximum atomic E-state index is 15.0. The Balaban J connectivity index is 1.52. The molecular formula is C31H25F4NO3S. The summed E-state index contributed by atoms with van der Waals surface area (Å²) in [6.45, 7) is 1.80. The lowest BCUT2D eigenvalue weighted by atomic mass is 9.83. The smallest absolute Gasteiger partial charge is 0.494 e. The molecule has 2 heterocycles. The Kier molecular flexibility index (Phi) is 6.78. The minimum absolute atomic E-state index is 0.0734. The Hall–Kier alpha value is -3.85. The summed E-state index contributed by atoms with van der Waals surface area (Å²) in [7, 11) is 1.38. The second-order valence-electron chi connectivity index (χ2n) is 9.55. The Labute approximate surface area is 233 Å². The van der Waals surface area contributed by atoms with Crippen LogP contribution in [0.2, 0.25) is 0 Å². The van der Waals surface area contributed by atoms with Crippen LogP contribution in [0, 0.1) is 5.82 Å². The van der Waals surface area contributed by atoms with Crippen molar-refractivity contribution in [1.82, 2.24) is 0 Å². The molecule has 4 aromatic rings. The van der Waals surface area contributed by atoms with Gasteiger partial charge in [0.2, 0.25) is 0 Å². The first-order valence-corrected chi connectivity index (χ1v) is 13.9. The van der Waals surface area contributed by atoms with Crippen LogP contribution < -0.4 is 19.1 Å². The number of hydrogen-bond donors (Lipinski definition) is 0. The van der Waals surface area contributed by atoms with Gasteiger partial charge in [-0.15, -0.1) is 13.2 Å². The van der Waals surface area contributed by atoms with E-state index in [1.807, 2.05) is 48.2 Å². The molecule has 4 nitrogen and oxygen atoms in total. The molecule has 6 rings (SSSR count). The number of anilines is 1. The minimum Gasteiger partial charge on any atom is -0.494 e. The van der Waals surface area contributed by atoms with Gasteiger partial charge < -0.3 is 19.1 Å². The highest BCUT2D eigenvalue weighted by Crippen LogP contribution is 2.47. The van der Waals surface area contributed by atoms with E-state index >= 15 is 0 Å². The molecule has 4 aromatic carbocycles. The number of ether oxygens (including phenoxy) is 3. The minimum atomic E-state index is -4.82. The van der Waals surface area contributed by atoms with Gasteiger partial charge >= 0.3 is 6.36 Å². The van der Waals surface area contributed by atoms with E-state index in [1.54, 1.807) is 6.07 Å². The zero-order chi connectivity index (χ0) is 27.9. The Morgan fingerprint density at radius 3 is 2.27 bits per heavy atom. The molecule has 1 fully saturated rings. The summed E-state index contributed by atoms with van der Waals surface area (Å²) in [5.74, 6) is 1.78. The van der Waals surface area contributed by atoms with E-state index in [9.17, 15) is 17.6 Å². The number of benzene rings is 4. The highest BCUT2D eigenvalue weighted by atomic mass is 32.2. The zero-order valence-electron chi connectivity index (χ0n) is 21.5. The van der Waals surface area contributed by atoms with E-state index in [4.69, 9.17) is 9.47 Å². The third kappa shape index (κ3) is 4.83. The molecule has 1 unspecified atom stereocenters. The largest absolute Gasteiger partial charge is 0.573 e. The highest BCUT2D eigenvalue weighted by molar-refractivity contribution is 7.99. The number of alkyl halides is 3. The summed E-state index contributed by atoms with van der Waals surface area (Å²) in [4.78, 5) is 2.35. The molecule has 2 aliphatic heterocycles. The van der Waals surface area contributed by atoms with Crippen LogP contribution in [-0.2, 0) is 5.60 Å². The van der Waals surface area contributed by atoms with Crippen LogP contribution in [0.4, 0.5) is 23.2 Å². The highest BCUT2D eigenvalue weighted by Gasteiger charge is 2.39. The normalized spacial score (nSPS) is 18.8. The van der Waals surface area contributed by atoms with E-state index in [-0.39, 0.29) is 11.5 Å². The van der Waals surface area contributed by atoms with Crippen molar-refractivity contribution < 1.29 is 31.8 Å². The van der Waals surface area contributed by atoms with Crippen LogP contribution in [0.25, 0.3) is 16.8 Å². The lowest BCUT2D eigenvalue weighted by Crippen LogP contribution is -2.35. The molecule has 2 aliphatic rings. The molecule has 0 saturated carbocycles. The van der Waals surface area contributed by atoms with Gasteiger partial charge in [-0.3, -0.25) is 0 Å². The Bertz CT molecular complexity index is 1580. The fourth-order valence-corrected chi connectivity index (χ4v) is 6.27. The van der Waals surface area contributed by atoms with Gasteiger partial charge in [0.1, 0.15) is 11.5 Å². The molecule has 0 aliphatic carbocycles. The van der Waals surface area contributed by atoms with Crippen molar-refractivity contribution in [2.24, 2.45) is 0 Å². The van der Waals surface area contributed by atoms with Crippen LogP contribution in [0.15, 0.2) is 78.9 Å². The van der Waals surface area contributed by atoms with Crippen LogP contribution in [0.1, 0.15) is 16.7 Å². The molecule has 40 heavy (non-hydrogen) atoms. The van der Waals surface area contributed by atoms with Crippen molar-refractivity contribution in [3.05, 3.63) is 101 Å². The van der Waals surface area contributed by atoms with Gasteiger partial charge in [0.15, 0.2) is 17.2 Å². The average molecular weight is 568 g/mol. The lowest BCUT2D eigenvalue weighted by Gasteiger charge is -2.38. The fourth-order valence-electron chi connectivity index (χ4n) is 5.36. The molecular weight excluding hydrogens is 542 g/mol. The van der Waals surface area contributed by atoms with Crippen LogP contribution in [0.3, 0.4) is 0 Å². The molecule has 0 N–H and O–H groups in total. The van der Waals surface area contributed by atoms with Crippen molar-refractivity contribution in [3.8, 4) is 17.2 Å². The number of hydrogen-bond acceptors (Lipinski definition) is 5. The summed E-state index contributed by atoms with van der Waals surface area (Å²) >= 11 is 1.92. The van der Waals surface area contributed by atoms with E-state index in [0.717, 1.165) is 46.6 Å². The number of methoxy groups -OCH3 is 1. The van der Waals surface area contributed by atoms with Gasteiger partial charge in [-0.05, 0) is 41.8 Å². The summed E-state index contributed by atoms with van der Waals surface area (Å²) < 4.78 is 69.5. The van der Waals surface area contributed by atoms with Crippen molar-refractivity contribution in [2.75, 3.05) is 36.6 Å². The van der Waals surface area contributed by atoms with Crippen molar-refractivity contribution in [3.63, 3.8) is 0 Å². The quantitative estimate of drug-likeness (QED) is 0.230. The molecule has 206 valence electrons. The molecule has 9 heteroatoms. The van der Waals surface area contributed by atoms with E-state index < -0.39 is 17.8 Å². The number of rotatable bonds is 5. The first-order chi connectivity index (χ1) is 19.3. The molecule has 0 amide bonds. The predicted octanol–water partition coefficient (Wildman–Crippen LogP) is 7.79. The van der Waals surface area contributed by atoms with Gasteiger partial charge in [-0.25, -0.2) is 4.39 Å². The van der Waals surface area contributed by atoms with E-state index in [2.05, 4.69) is 15.7 Å². The summed E-state index contributed by atoms with van der Waals surface area (Å²) in [5.41, 5.74) is 1.58. The van der Waals surface area contributed by atoms with Crippen LogP contribution >= 0.6 is 11.8 Å². The number of nitrogens with zero attached hydrogens (tertiary/aromatic N) is 1. The summed E-state index contributed by atoms with van der Waals surface area (Å²) in [5, 5.41) is 2.13. The topological polar surface area (TPSA) is 30.9 Å². The molecule has 0 spiro atoms. The van der Waals surface area contributed by atoms with Crippen molar-refractivity contribution >= 4 is 34.3 Å². The van der Waals surface area contributed by atoms with Crippen LogP contribution in [-0.4, -0.2) is 38.1 Å². The first kappa shape index (κ1) is 26.4. The monoisotopic (exact) mass is 567 g/mol. The summed E-state index contributed by atoms with van der Waals surface area (Å²) in [6.07, 6.45) is -1.05. The fraction of sp³-hybridized carbons (Fsp3) is 0.226. The predicted molar refractivity (Wildman–Crippen MR) is 150 cm³/mol. The lowest BCUT2D eigenvalue weighted by molar-refractivity contribution is -0.274. The maximum absolute atomic E-state index is 15.0.